The first-order valence-electron chi connectivity index (χ1n) is 13.4. The number of carbonyl (C=O) groups is 2. The summed E-state index contributed by atoms with van der Waals surface area (Å²) in [5.41, 5.74) is 0.851. The topological polar surface area (TPSA) is 94.1 Å². The molecule has 0 unspecified atom stereocenters. The van der Waals surface area contributed by atoms with E-state index in [4.69, 9.17) is 14.2 Å². The fraction of sp³-hybridized carbons (Fsp3) is 0.724. The van der Waals surface area contributed by atoms with Crippen LogP contribution in [0.3, 0.4) is 0 Å². The monoisotopic (exact) mass is 507 g/mol. The van der Waals surface area contributed by atoms with Crippen LogP contribution in [-0.4, -0.2) is 48.6 Å². The van der Waals surface area contributed by atoms with Gasteiger partial charge < -0.3 is 24.6 Å². The Balaban J connectivity index is 2.80. The van der Waals surface area contributed by atoms with Gasteiger partial charge in [-0.05, 0) is 62.8 Å². The minimum Gasteiger partial charge on any atom is -0.461 e. The van der Waals surface area contributed by atoms with E-state index in [1.54, 1.807) is 13.8 Å². The molecule has 0 fully saturated rings. The Hall–Kier alpha value is -2.12. The number of ether oxygens (including phenoxy) is 3. The van der Waals surface area contributed by atoms with E-state index < -0.39 is 24.2 Å². The average Bonchev–Trinajstić information content (AvgIpc) is 2.79. The Morgan fingerprint density at radius 2 is 1.47 bits per heavy atom. The van der Waals surface area contributed by atoms with E-state index in [-0.39, 0.29) is 31.2 Å². The summed E-state index contributed by atoms with van der Waals surface area (Å²) < 4.78 is 16.6. The van der Waals surface area contributed by atoms with Crippen LogP contribution in [0.5, 0.6) is 0 Å². The predicted molar refractivity (Wildman–Crippen MR) is 142 cm³/mol. The third kappa shape index (κ3) is 13.8. The molecule has 0 spiro atoms. The quantitative estimate of drug-likeness (QED) is 0.261. The van der Waals surface area contributed by atoms with E-state index >= 15 is 0 Å². The molecule has 0 saturated heterocycles. The van der Waals surface area contributed by atoms with Gasteiger partial charge in [-0.1, -0.05) is 70.9 Å². The van der Waals surface area contributed by atoms with E-state index in [1.807, 2.05) is 37.3 Å². The smallest absolute Gasteiger partial charge is 0.408 e. The molecule has 7 nitrogen and oxygen atoms in total. The Labute approximate surface area is 218 Å². The number of carbonyl (C=O) groups excluding carboxylic acids is 2. The molecule has 2 N–H and O–H groups in total. The first kappa shape index (κ1) is 31.9. The second kappa shape index (κ2) is 17.4. The van der Waals surface area contributed by atoms with Crippen LogP contribution in [0.25, 0.3) is 0 Å². The number of nitrogens with one attached hydrogen (secondary N) is 1. The lowest BCUT2D eigenvalue weighted by Gasteiger charge is -2.31. The van der Waals surface area contributed by atoms with Gasteiger partial charge in [0.15, 0.2) is 6.04 Å². The molecule has 4 atom stereocenters. The molecule has 36 heavy (non-hydrogen) atoms. The largest absolute Gasteiger partial charge is 0.461 e. The summed E-state index contributed by atoms with van der Waals surface area (Å²) in [6, 6.07) is 8.35. The van der Waals surface area contributed by atoms with Crippen molar-refractivity contribution in [1.82, 2.24) is 5.32 Å². The summed E-state index contributed by atoms with van der Waals surface area (Å²) in [4.78, 5) is 25.1. The zero-order valence-electron chi connectivity index (χ0n) is 23.4. The lowest BCUT2D eigenvalue weighted by molar-refractivity contribution is -0.151. The van der Waals surface area contributed by atoms with Crippen LogP contribution >= 0.6 is 0 Å². The van der Waals surface area contributed by atoms with E-state index in [0.717, 1.165) is 31.2 Å². The Kier molecular flexibility index (Phi) is 15.4. The number of amides is 1. The van der Waals surface area contributed by atoms with Gasteiger partial charge in [-0.15, -0.1) is 0 Å². The summed E-state index contributed by atoms with van der Waals surface area (Å²) in [7, 11) is 0. The standard InChI is InChI=1S/C29H49NO6/c1-20(2)13-15-25(26(23(7)31)16-14-21(3)4)18-34-19-27(28(32)36-22(5)6)30-29(33)35-17-24-11-9-8-10-12-24/h8-12,20-23,25-27,31H,13-19H2,1-7H3,(H,30,33)/t23-,25-,26-,27-/m0/s1. The Morgan fingerprint density at radius 3 is 2.03 bits per heavy atom. The number of hydrogen-bond donors (Lipinski definition) is 2. The van der Waals surface area contributed by atoms with Gasteiger partial charge in [0.25, 0.3) is 0 Å². The molecule has 0 bridgehead atoms. The number of esters is 1. The van der Waals surface area contributed by atoms with Crippen LogP contribution < -0.4 is 5.32 Å². The fourth-order valence-electron chi connectivity index (χ4n) is 4.09. The van der Waals surface area contributed by atoms with Gasteiger partial charge in [-0.25, -0.2) is 9.59 Å². The summed E-state index contributed by atoms with van der Waals surface area (Å²) in [6.07, 6.45) is 2.44. The lowest BCUT2D eigenvalue weighted by atomic mass is 9.80. The van der Waals surface area contributed by atoms with Crippen molar-refractivity contribution in [2.24, 2.45) is 23.7 Å². The molecular weight excluding hydrogens is 458 g/mol. The number of rotatable bonds is 17. The molecule has 0 aliphatic carbocycles. The SMILES string of the molecule is CC(C)CC[C@@H](COC[C@H](NC(=O)OCc1ccccc1)C(=O)OC(C)C)[C@@H](CCC(C)C)[C@H](C)O. The van der Waals surface area contributed by atoms with Crippen molar-refractivity contribution in [3.63, 3.8) is 0 Å². The second-order valence-corrected chi connectivity index (χ2v) is 10.9. The number of benzene rings is 1. The number of aliphatic hydroxyl groups excluding tert-OH is 1. The van der Waals surface area contributed by atoms with Gasteiger partial charge in [-0.3, -0.25) is 0 Å². The molecule has 1 aromatic carbocycles. The van der Waals surface area contributed by atoms with Crippen molar-refractivity contribution < 1.29 is 28.9 Å². The fourth-order valence-corrected chi connectivity index (χ4v) is 4.09. The molecule has 0 radical (unpaired) electrons. The number of aliphatic hydroxyl groups is 1. The average molecular weight is 508 g/mol. The highest BCUT2D eigenvalue weighted by Crippen LogP contribution is 2.29. The lowest BCUT2D eigenvalue weighted by Crippen LogP contribution is -2.46. The van der Waals surface area contributed by atoms with Crippen molar-refractivity contribution in [2.75, 3.05) is 13.2 Å². The van der Waals surface area contributed by atoms with E-state index in [1.165, 1.54) is 0 Å². The molecule has 0 aromatic heterocycles. The third-order valence-electron chi connectivity index (χ3n) is 6.17. The number of alkyl carbamates (subject to hydrolysis) is 1. The summed E-state index contributed by atoms with van der Waals surface area (Å²) in [6.45, 7) is 14.6. The zero-order chi connectivity index (χ0) is 27.1. The highest BCUT2D eigenvalue weighted by molar-refractivity contribution is 5.81. The van der Waals surface area contributed by atoms with Crippen LogP contribution in [0.2, 0.25) is 0 Å². The first-order valence-corrected chi connectivity index (χ1v) is 13.4. The molecule has 0 aliphatic rings. The molecule has 206 valence electrons. The minimum atomic E-state index is -0.984. The van der Waals surface area contributed by atoms with Crippen molar-refractivity contribution in [1.29, 1.82) is 0 Å². The van der Waals surface area contributed by atoms with Crippen LogP contribution in [0.15, 0.2) is 30.3 Å². The summed E-state index contributed by atoms with van der Waals surface area (Å²) in [5.74, 6) is 0.794. The molecule has 0 heterocycles. The highest BCUT2D eigenvalue weighted by Gasteiger charge is 2.29. The van der Waals surface area contributed by atoms with Crippen LogP contribution in [0.1, 0.15) is 79.7 Å². The molecule has 7 heteroatoms. The van der Waals surface area contributed by atoms with Crippen LogP contribution in [0.4, 0.5) is 4.79 Å². The normalized spacial score (nSPS) is 15.0. The maximum absolute atomic E-state index is 12.7. The molecule has 0 aliphatic heterocycles. The number of hydrogen-bond acceptors (Lipinski definition) is 6. The molecule has 1 aromatic rings. The van der Waals surface area contributed by atoms with E-state index in [9.17, 15) is 14.7 Å². The summed E-state index contributed by atoms with van der Waals surface area (Å²) >= 11 is 0. The predicted octanol–water partition coefficient (Wildman–Crippen LogP) is 5.74. The van der Waals surface area contributed by atoms with Gasteiger partial charge >= 0.3 is 12.1 Å². The molecule has 1 rings (SSSR count). The zero-order valence-corrected chi connectivity index (χ0v) is 23.4. The molecular formula is C29H49NO6. The van der Waals surface area contributed by atoms with Crippen LogP contribution in [-0.2, 0) is 25.6 Å². The van der Waals surface area contributed by atoms with Crippen molar-refractivity contribution in [3.05, 3.63) is 35.9 Å². The first-order chi connectivity index (χ1) is 17.0. The van der Waals surface area contributed by atoms with Gasteiger partial charge in [0, 0.05) is 6.61 Å². The van der Waals surface area contributed by atoms with Gasteiger partial charge in [0.05, 0.1) is 18.8 Å². The van der Waals surface area contributed by atoms with Crippen LogP contribution in [0, 0.1) is 23.7 Å². The highest BCUT2D eigenvalue weighted by atomic mass is 16.6. The van der Waals surface area contributed by atoms with Gasteiger partial charge in [0.1, 0.15) is 6.61 Å². The second-order valence-electron chi connectivity index (χ2n) is 10.9. The molecule has 0 saturated carbocycles. The van der Waals surface area contributed by atoms with Crippen molar-refractivity contribution in [2.45, 2.75) is 99.0 Å². The maximum Gasteiger partial charge on any atom is 0.408 e. The Morgan fingerprint density at radius 1 is 0.861 bits per heavy atom. The minimum absolute atomic E-state index is 0.0269. The van der Waals surface area contributed by atoms with E-state index in [2.05, 4.69) is 33.0 Å². The third-order valence-corrected chi connectivity index (χ3v) is 6.17. The van der Waals surface area contributed by atoms with Gasteiger partial charge in [-0.2, -0.15) is 0 Å². The maximum atomic E-state index is 12.7. The van der Waals surface area contributed by atoms with E-state index in [0.29, 0.717) is 18.4 Å². The van der Waals surface area contributed by atoms with Crippen molar-refractivity contribution >= 4 is 12.1 Å². The Bertz CT molecular complexity index is 735. The molecule has 1 amide bonds. The van der Waals surface area contributed by atoms with Gasteiger partial charge in [0.2, 0.25) is 0 Å². The summed E-state index contributed by atoms with van der Waals surface area (Å²) in [5, 5.41) is 13.1. The van der Waals surface area contributed by atoms with Crippen molar-refractivity contribution in [3.8, 4) is 0 Å².